The lowest BCUT2D eigenvalue weighted by atomic mass is 10.1. The summed E-state index contributed by atoms with van der Waals surface area (Å²) in [5, 5.41) is 9.23. The molecule has 0 aliphatic heterocycles. The van der Waals surface area contributed by atoms with Crippen LogP contribution in [0.4, 0.5) is 0 Å². The minimum absolute atomic E-state index is 0.0815. The van der Waals surface area contributed by atoms with Crippen LogP contribution in [0.3, 0.4) is 0 Å². The topological polar surface area (TPSA) is 84.0 Å². The highest BCUT2D eigenvalue weighted by atomic mass is 16.5. The van der Waals surface area contributed by atoms with Gasteiger partial charge in [-0.1, -0.05) is 24.3 Å². The number of ether oxygens (including phenoxy) is 2. The van der Waals surface area contributed by atoms with Crippen molar-refractivity contribution in [3.63, 3.8) is 0 Å². The standard InChI is InChI=1S/C22H30N4O3/c1-5-24-22(26-15-18-10-7-11-19(28-3)20(18)29-4)25-13-12-16-8-6-9-17(14-16)21(27)23-2/h6-11,14H,5,12-13,15H2,1-4H3,(H,23,27)(H2,24,25,26). The first-order valence-electron chi connectivity index (χ1n) is 9.66. The van der Waals surface area contributed by atoms with Crippen molar-refractivity contribution >= 4 is 11.9 Å². The summed E-state index contributed by atoms with van der Waals surface area (Å²) in [7, 11) is 4.88. The number of methoxy groups -OCH3 is 2. The highest BCUT2D eigenvalue weighted by molar-refractivity contribution is 5.94. The molecule has 0 aromatic heterocycles. The average molecular weight is 399 g/mol. The van der Waals surface area contributed by atoms with Gasteiger partial charge < -0.3 is 25.4 Å². The zero-order valence-electron chi connectivity index (χ0n) is 17.5. The quantitative estimate of drug-likeness (QED) is 0.446. The summed E-state index contributed by atoms with van der Waals surface area (Å²) in [6.07, 6.45) is 0.776. The highest BCUT2D eigenvalue weighted by Crippen LogP contribution is 2.31. The Balaban J connectivity index is 2.01. The molecule has 0 radical (unpaired) electrons. The second-order valence-electron chi connectivity index (χ2n) is 6.30. The number of benzene rings is 2. The highest BCUT2D eigenvalue weighted by Gasteiger charge is 2.09. The second kappa shape index (κ2) is 11.6. The molecule has 0 spiro atoms. The normalized spacial score (nSPS) is 11.0. The Morgan fingerprint density at radius 3 is 2.55 bits per heavy atom. The summed E-state index contributed by atoms with van der Waals surface area (Å²) in [5.74, 6) is 2.02. The van der Waals surface area contributed by atoms with Gasteiger partial charge in [-0.15, -0.1) is 0 Å². The maximum Gasteiger partial charge on any atom is 0.251 e. The summed E-state index contributed by atoms with van der Waals surface area (Å²) >= 11 is 0. The number of hydrogen-bond acceptors (Lipinski definition) is 4. The van der Waals surface area contributed by atoms with Crippen LogP contribution < -0.4 is 25.4 Å². The van der Waals surface area contributed by atoms with Gasteiger partial charge in [0.15, 0.2) is 17.5 Å². The van der Waals surface area contributed by atoms with E-state index in [2.05, 4.69) is 20.9 Å². The zero-order chi connectivity index (χ0) is 21.1. The van der Waals surface area contributed by atoms with Crippen molar-refractivity contribution in [2.75, 3.05) is 34.4 Å². The lowest BCUT2D eigenvalue weighted by Gasteiger charge is -2.14. The van der Waals surface area contributed by atoms with E-state index in [-0.39, 0.29) is 5.91 Å². The van der Waals surface area contributed by atoms with E-state index in [1.54, 1.807) is 21.3 Å². The van der Waals surface area contributed by atoms with E-state index >= 15 is 0 Å². The number of aliphatic imine (C=N–C) groups is 1. The fraction of sp³-hybridized carbons (Fsp3) is 0.364. The maximum absolute atomic E-state index is 11.8. The Morgan fingerprint density at radius 2 is 1.86 bits per heavy atom. The van der Waals surface area contributed by atoms with Gasteiger partial charge in [0.25, 0.3) is 5.91 Å². The lowest BCUT2D eigenvalue weighted by molar-refractivity contribution is 0.0963. The molecule has 1 amide bonds. The van der Waals surface area contributed by atoms with Crippen LogP contribution in [0.25, 0.3) is 0 Å². The molecule has 0 atom stereocenters. The Labute approximate surface area is 172 Å². The molecule has 0 saturated heterocycles. The van der Waals surface area contributed by atoms with E-state index in [0.717, 1.165) is 30.1 Å². The Bertz CT molecular complexity index is 837. The SMILES string of the molecule is CCNC(=NCc1cccc(OC)c1OC)NCCc1cccc(C(=O)NC)c1. The number of para-hydroxylation sites is 1. The molecular formula is C22H30N4O3. The number of nitrogens with one attached hydrogen (secondary N) is 3. The summed E-state index contributed by atoms with van der Waals surface area (Å²) in [6.45, 7) is 3.93. The number of rotatable bonds is 9. The summed E-state index contributed by atoms with van der Waals surface area (Å²) in [4.78, 5) is 16.4. The van der Waals surface area contributed by atoms with Crippen molar-refractivity contribution < 1.29 is 14.3 Å². The predicted molar refractivity (Wildman–Crippen MR) is 116 cm³/mol. The third-order valence-corrected chi connectivity index (χ3v) is 4.36. The molecule has 7 nitrogen and oxygen atoms in total. The van der Waals surface area contributed by atoms with Crippen molar-refractivity contribution in [1.29, 1.82) is 0 Å². The van der Waals surface area contributed by atoms with Gasteiger partial charge in [-0.2, -0.15) is 0 Å². The molecular weight excluding hydrogens is 368 g/mol. The Morgan fingerprint density at radius 1 is 1.07 bits per heavy atom. The van der Waals surface area contributed by atoms with Crippen LogP contribution in [-0.2, 0) is 13.0 Å². The molecule has 0 saturated carbocycles. The number of carbonyl (C=O) groups is 1. The fourth-order valence-electron chi connectivity index (χ4n) is 2.92. The van der Waals surface area contributed by atoms with Gasteiger partial charge in [-0.25, -0.2) is 4.99 Å². The van der Waals surface area contributed by atoms with Gasteiger partial charge in [-0.05, 0) is 37.1 Å². The average Bonchev–Trinajstić information content (AvgIpc) is 2.76. The van der Waals surface area contributed by atoms with E-state index in [0.29, 0.717) is 30.2 Å². The zero-order valence-corrected chi connectivity index (χ0v) is 17.5. The first kappa shape index (κ1) is 22.1. The third-order valence-electron chi connectivity index (χ3n) is 4.36. The van der Waals surface area contributed by atoms with Crippen LogP contribution in [-0.4, -0.2) is 46.2 Å². The Hall–Kier alpha value is -3.22. The van der Waals surface area contributed by atoms with Crippen molar-refractivity contribution in [3.05, 3.63) is 59.2 Å². The van der Waals surface area contributed by atoms with E-state index in [1.807, 2.05) is 49.4 Å². The molecule has 2 aromatic carbocycles. The number of carbonyl (C=O) groups excluding carboxylic acids is 1. The number of nitrogens with zero attached hydrogens (tertiary/aromatic N) is 1. The van der Waals surface area contributed by atoms with Crippen LogP contribution >= 0.6 is 0 Å². The maximum atomic E-state index is 11.8. The molecule has 7 heteroatoms. The van der Waals surface area contributed by atoms with E-state index < -0.39 is 0 Å². The summed E-state index contributed by atoms with van der Waals surface area (Å²) < 4.78 is 10.8. The summed E-state index contributed by atoms with van der Waals surface area (Å²) in [6, 6.07) is 13.4. The molecule has 0 aliphatic carbocycles. The minimum atomic E-state index is -0.0815. The van der Waals surface area contributed by atoms with Gasteiger partial charge in [0, 0.05) is 31.3 Å². The molecule has 0 aliphatic rings. The van der Waals surface area contributed by atoms with Crippen molar-refractivity contribution in [2.45, 2.75) is 19.9 Å². The van der Waals surface area contributed by atoms with Gasteiger partial charge in [0.05, 0.1) is 20.8 Å². The molecule has 0 unspecified atom stereocenters. The van der Waals surface area contributed by atoms with Crippen LogP contribution in [0.2, 0.25) is 0 Å². The first-order valence-corrected chi connectivity index (χ1v) is 9.66. The smallest absolute Gasteiger partial charge is 0.251 e. The van der Waals surface area contributed by atoms with Crippen LogP contribution in [0, 0.1) is 0 Å². The fourth-order valence-corrected chi connectivity index (χ4v) is 2.92. The monoisotopic (exact) mass is 398 g/mol. The van der Waals surface area contributed by atoms with E-state index in [1.165, 1.54) is 0 Å². The van der Waals surface area contributed by atoms with Gasteiger partial charge >= 0.3 is 0 Å². The Kier molecular flexibility index (Phi) is 8.82. The predicted octanol–water partition coefficient (Wildman–Crippen LogP) is 2.36. The molecule has 3 N–H and O–H groups in total. The molecule has 2 aromatic rings. The van der Waals surface area contributed by atoms with Crippen LogP contribution in [0.1, 0.15) is 28.4 Å². The molecule has 29 heavy (non-hydrogen) atoms. The second-order valence-corrected chi connectivity index (χ2v) is 6.30. The number of hydrogen-bond donors (Lipinski definition) is 3. The summed E-state index contributed by atoms with van der Waals surface area (Å²) in [5.41, 5.74) is 2.70. The largest absolute Gasteiger partial charge is 0.493 e. The van der Waals surface area contributed by atoms with Crippen LogP contribution in [0.5, 0.6) is 11.5 Å². The molecule has 2 rings (SSSR count). The molecule has 0 fully saturated rings. The van der Waals surface area contributed by atoms with Crippen LogP contribution in [0.15, 0.2) is 47.5 Å². The molecule has 0 bridgehead atoms. The minimum Gasteiger partial charge on any atom is -0.493 e. The van der Waals surface area contributed by atoms with Crippen molar-refractivity contribution in [1.82, 2.24) is 16.0 Å². The number of amides is 1. The van der Waals surface area contributed by atoms with Gasteiger partial charge in [0.2, 0.25) is 0 Å². The first-order chi connectivity index (χ1) is 14.1. The van der Waals surface area contributed by atoms with Gasteiger partial charge in [0.1, 0.15) is 0 Å². The third kappa shape index (κ3) is 6.41. The lowest BCUT2D eigenvalue weighted by Crippen LogP contribution is -2.38. The molecule has 0 heterocycles. The molecule has 156 valence electrons. The van der Waals surface area contributed by atoms with E-state index in [4.69, 9.17) is 9.47 Å². The van der Waals surface area contributed by atoms with Crippen molar-refractivity contribution in [3.8, 4) is 11.5 Å². The van der Waals surface area contributed by atoms with Gasteiger partial charge in [-0.3, -0.25) is 4.79 Å². The van der Waals surface area contributed by atoms with Crippen molar-refractivity contribution in [2.24, 2.45) is 4.99 Å². The van der Waals surface area contributed by atoms with E-state index in [9.17, 15) is 4.79 Å². The number of guanidine groups is 1.